The van der Waals surface area contributed by atoms with Gasteiger partial charge in [-0.3, -0.25) is 11.3 Å². The molecule has 1 aliphatic carbocycles. The minimum atomic E-state index is 0.478. The van der Waals surface area contributed by atoms with Gasteiger partial charge in [0.15, 0.2) is 0 Å². The molecule has 1 atom stereocenters. The number of nitrogens with two attached hydrogens (primary N) is 1. The molecule has 0 radical (unpaired) electrons. The second kappa shape index (κ2) is 4.01. The van der Waals surface area contributed by atoms with Crippen molar-refractivity contribution in [3.05, 3.63) is 22.4 Å². The molecule has 0 saturated heterocycles. The standard InChI is InChI=1S/C11H18N2S/c1-11(6-7-11)10(13-12)5-4-9-3-2-8-14-9/h2-3,8,10,13H,4-7,12H2,1H3. The zero-order valence-electron chi connectivity index (χ0n) is 8.62. The van der Waals surface area contributed by atoms with Crippen LogP contribution in [-0.4, -0.2) is 6.04 Å². The summed E-state index contributed by atoms with van der Waals surface area (Å²) < 4.78 is 0. The quantitative estimate of drug-likeness (QED) is 0.578. The van der Waals surface area contributed by atoms with Gasteiger partial charge in [0.2, 0.25) is 0 Å². The minimum Gasteiger partial charge on any atom is -0.271 e. The van der Waals surface area contributed by atoms with Gasteiger partial charge in [-0.05, 0) is 42.5 Å². The van der Waals surface area contributed by atoms with Crippen LogP contribution in [0.5, 0.6) is 0 Å². The van der Waals surface area contributed by atoms with Crippen molar-refractivity contribution in [1.82, 2.24) is 5.43 Å². The Morgan fingerprint density at radius 3 is 2.93 bits per heavy atom. The van der Waals surface area contributed by atoms with Crippen LogP contribution in [0, 0.1) is 5.41 Å². The Morgan fingerprint density at radius 2 is 2.43 bits per heavy atom. The Kier molecular flexibility index (Phi) is 2.91. The maximum absolute atomic E-state index is 5.59. The first kappa shape index (κ1) is 10.1. The average molecular weight is 210 g/mol. The fraction of sp³-hybridized carbons (Fsp3) is 0.636. The summed E-state index contributed by atoms with van der Waals surface area (Å²) >= 11 is 1.84. The van der Waals surface area contributed by atoms with E-state index in [1.807, 2.05) is 11.3 Å². The van der Waals surface area contributed by atoms with Crippen molar-refractivity contribution in [3.8, 4) is 0 Å². The highest BCUT2D eigenvalue weighted by Crippen LogP contribution is 2.49. The topological polar surface area (TPSA) is 38.0 Å². The Bertz CT molecular complexity index is 277. The zero-order chi connectivity index (χ0) is 10.0. The third-order valence-electron chi connectivity index (χ3n) is 3.34. The zero-order valence-corrected chi connectivity index (χ0v) is 9.44. The minimum absolute atomic E-state index is 0.478. The summed E-state index contributed by atoms with van der Waals surface area (Å²) in [6.45, 7) is 2.33. The van der Waals surface area contributed by atoms with E-state index >= 15 is 0 Å². The van der Waals surface area contributed by atoms with E-state index in [9.17, 15) is 0 Å². The monoisotopic (exact) mass is 210 g/mol. The molecule has 1 heterocycles. The molecule has 0 spiro atoms. The van der Waals surface area contributed by atoms with Gasteiger partial charge < -0.3 is 0 Å². The Hall–Kier alpha value is -0.380. The maximum atomic E-state index is 5.59. The third kappa shape index (κ3) is 2.16. The van der Waals surface area contributed by atoms with Crippen LogP contribution in [0.15, 0.2) is 17.5 Å². The molecule has 78 valence electrons. The number of hydrazine groups is 1. The van der Waals surface area contributed by atoms with E-state index in [0.29, 0.717) is 11.5 Å². The van der Waals surface area contributed by atoms with E-state index in [2.05, 4.69) is 29.9 Å². The second-order valence-corrected chi connectivity index (χ2v) is 5.52. The Labute approximate surface area is 89.5 Å². The van der Waals surface area contributed by atoms with Crippen LogP contribution in [0.25, 0.3) is 0 Å². The van der Waals surface area contributed by atoms with Crippen molar-refractivity contribution >= 4 is 11.3 Å². The molecule has 1 fully saturated rings. The molecule has 2 nitrogen and oxygen atoms in total. The first-order valence-corrected chi connectivity index (χ1v) is 6.11. The fourth-order valence-corrected chi connectivity index (χ4v) is 2.64. The van der Waals surface area contributed by atoms with Crippen LogP contribution in [-0.2, 0) is 6.42 Å². The third-order valence-corrected chi connectivity index (χ3v) is 4.28. The van der Waals surface area contributed by atoms with E-state index in [0.717, 1.165) is 12.8 Å². The lowest BCUT2D eigenvalue weighted by molar-refractivity contribution is 0.342. The molecule has 0 amide bonds. The number of thiophene rings is 1. The molecule has 1 aliphatic rings. The molecule has 1 aromatic heterocycles. The number of nitrogens with one attached hydrogen (secondary N) is 1. The first-order valence-electron chi connectivity index (χ1n) is 5.23. The van der Waals surface area contributed by atoms with Crippen LogP contribution >= 0.6 is 11.3 Å². The van der Waals surface area contributed by atoms with E-state index < -0.39 is 0 Å². The lowest BCUT2D eigenvalue weighted by atomic mass is 9.95. The highest BCUT2D eigenvalue weighted by Gasteiger charge is 2.43. The van der Waals surface area contributed by atoms with Gasteiger partial charge in [-0.1, -0.05) is 13.0 Å². The first-order chi connectivity index (χ1) is 6.74. The van der Waals surface area contributed by atoms with E-state index in [-0.39, 0.29) is 0 Å². The average Bonchev–Trinajstić information content (AvgIpc) is 2.73. The van der Waals surface area contributed by atoms with E-state index in [1.165, 1.54) is 17.7 Å². The summed E-state index contributed by atoms with van der Waals surface area (Å²) in [5.74, 6) is 5.59. The van der Waals surface area contributed by atoms with Gasteiger partial charge in [0, 0.05) is 10.9 Å². The maximum Gasteiger partial charge on any atom is 0.0267 e. The molecule has 0 bridgehead atoms. The summed E-state index contributed by atoms with van der Waals surface area (Å²) in [6.07, 6.45) is 4.97. The van der Waals surface area contributed by atoms with E-state index in [1.54, 1.807) is 0 Å². The van der Waals surface area contributed by atoms with E-state index in [4.69, 9.17) is 5.84 Å². The summed E-state index contributed by atoms with van der Waals surface area (Å²) in [5, 5.41) is 2.14. The van der Waals surface area contributed by atoms with Crippen molar-refractivity contribution in [2.45, 2.75) is 38.6 Å². The molecule has 1 aromatic rings. The van der Waals surface area contributed by atoms with Crippen molar-refractivity contribution in [2.75, 3.05) is 0 Å². The molecule has 0 aromatic carbocycles. The van der Waals surface area contributed by atoms with Crippen LogP contribution in [0.3, 0.4) is 0 Å². The van der Waals surface area contributed by atoms with Crippen molar-refractivity contribution < 1.29 is 0 Å². The highest BCUT2D eigenvalue weighted by molar-refractivity contribution is 7.09. The molecular formula is C11H18N2S. The highest BCUT2D eigenvalue weighted by atomic mass is 32.1. The predicted octanol–water partition coefficient (Wildman–Crippen LogP) is 2.31. The van der Waals surface area contributed by atoms with Crippen molar-refractivity contribution in [3.63, 3.8) is 0 Å². The summed E-state index contributed by atoms with van der Waals surface area (Å²) in [5.41, 5.74) is 3.45. The number of hydrogen-bond acceptors (Lipinski definition) is 3. The molecule has 0 aliphatic heterocycles. The predicted molar refractivity (Wildman–Crippen MR) is 61.1 cm³/mol. The lowest BCUT2D eigenvalue weighted by Crippen LogP contribution is -2.41. The molecule has 14 heavy (non-hydrogen) atoms. The van der Waals surface area contributed by atoms with Crippen LogP contribution in [0.1, 0.15) is 31.1 Å². The molecule has 3 N–H and O–H groups in total. The molecule has 3 heteroatoms. The van der Waals surface area contributed by atoms with Crippen molar-refractivity contribution in [1.29, 1.82) is 0 Å². The van der Waals surface area contributed by atoms with Crippen LogP contribution in [0.2, 0.25) is 0 Å². The SMILES string of the molecule is CC1(C(CCc2cccs2)NN)CC1. The summed E-state index contributed by atoms with van der Waals surface area (Å²) in [7, 11) is 0. The van der Waals surface area contributed by atoms with Crippen LogP contribution < -0.4 is 11.3 Å². The lowest BCUT2D eigenvalue weighted by Gasteiger charge is -2.22. The second-order valence-electron chi connectivity index (χ2n) is 4.49. The molecule has 1 unspecified atom stereocenters. The van der Waals surface area contributed by atoms with Gasteiger partial charge >= 0.3 is 0 Å². The van der Waals surface area contributed by atoms with Crippen molar-refractivity contribution in [2.24, 2.45) is 11.3 Å². The Balaban J connectivity index is 1.84. The molecule has 2 rings (SSSR count). The van der Waals surface area contributed by atoms with Gasteiger partial charge in [-0.2, -0.15) is 0 Å². The van der Waals surface area contributed by atoms with Gasteiger partial charge in [-0.15, -0.1) is 11.3 Å². The number of aryl methyl sites for hydroxylation is 1. The largest absolute Gasteiger partial charge is 0.271 e. The Morgan fingerprint density at radius 1 is 1.64 bits per heavy atom. The number of rotatable bonds is 5. The van der Waals surface area contributed by atoms with Gasteiger partial charge in [0.25, 0.3) is 0 Å². The van der Waals surface area contributed by atoms with Gasteiger partial charge in [0.1, 0.15) is 0 Å². The van der Waals surface area contributed by atoms with Gasteiger partial charge in [-0.25, -0.2) is 0 Å². The van der Waals surface area contributed by atoms with Gasteiger partial charge in [0.05, 0.1) is 0 Å². The molecular weight excluding hydrogens is 192 g/mol. The number of hydrogen-bond donors (Lipinski definition) is 2. The normalized spacial score (nSPS) is 20.7. The van der Waals surface area contributed by atoms with Crippen LogP contribution in [0.4, 0.5) is 0 Å². The fourth-order valence-electron chi connectivity index (χ4n) is 1.92. The summed E-state index contributed by atoms with van der Waals surface area (Å²) in [4.78, 5) is 1.47. The summed E-state index contributed by atoms with van der Waals surface area (Å²) in [6, 6.07) is 4.81. The molecule has 1 saturated carbocycles. The smallest absolute Gasteiger partial charge is 0.0267 e.